The molecule has 2 nitrogen and oxygen atoms in total. The number of fused-ring (bicyclic) bond motifs is 1. The van der Waals surface area contributed by atoms with Crippen LogP contribution >= 0.6 is 0 Å². The van der Waals surface area contributed by atoms with E-state index in [1.807, 2.05) is 0 Å². The number of hydrogen-bond acceptors (Lipinski definition) is 2. The van der Waals surface area contributed by atoms with Crippen LogP contribution in [0.3, 0.4) is 0 Å². The first-order valence-electron chi connectivity index (χ1n) is 6.55. The zero-order chi connectivity index (χ0) is 13.0. The van der Waals surface area contributed by atoms with E-state index in [1.54, 1.807) is 0 Å². The summed E-state index contributed by atoms with van der Waals surface area (Å²) in [6, 6.07) is 15.5. The van der Waals surface area contributed by atoms with Crippen LogP contribution < -0.4 is 5.32 Å². The second-order valence-corrected chi connectivity index (χ2v) is 5.20. The molecule has 0 spiro atoms. The van der Waals surface area contributed by atoms with Gasteiger partial charge < -0.3 is 10.2 Å². The molecular weight excluding hydrogens is 220 g/mol. The lowest BCUT2D eigenvalue weighted by atomic mass is 10.1. The summed E-state index contributed by atoms with van der Waals surface area (Å²) in [6.07, 6.45) is 1.15. The number of rotatable bonds is 5. The Kier molecular flexibility index (Phi) is 4.21. The molecule has 96 valence electrons. The van der Waals surface area contributed by atoms with Gasteiger partial charge >= 0.3 is 0 Å². The fourth-order valence-electron chi connectivity index (χ4n) is 2.09. The van der Waals surface area contributed by atoms with Crippen molar-refractivity contribution >= 4 is 16.5 Å². The van der Waals surface area contributed by atoms with Gasteiger partial charge in [0.25, 0.3) is 0 Å². The lowest BCUT2D eigenvalue weighted by Gasteiger charge is -2.18. The minimum atomic E-state index is 0.494. The molecule has 18 heavy (non-hydrogen) atoms. The quantitative estimate of drug-likeness (QED) is 0.862. The Labute approximate surface area is 110 Å². The van der Waals surface area contributed by atoms with E-state index in [9.17, 15) is 0 Å². The van der Waals surface area contributed by atoms with E-state index in [1.165, 1.54) is 16.5 Å². The molecule has 2 aromatic rings. The van der Waals surface area contributed by atoms with Gasteiger partial charge in [-0.25, -0.2) is 0 Å². The third-order valence-electron chi connectivity index (χ3n) is 3.17. The van der Waals surface area contributed by atoms with Crippen molar-refractivity contribution in [3.8, 4) is 0 Å². The first-order chi connectivity index (χ1) is 8.65. The predicted molar refractivity (Wildman–Crippen MR) is 80.2 cm³/mol. The normalized spacial score (nSPS) is 12.9. The Morgan fingerprint density at radius 2 is 1.78 bits per heavy atom. The largest absolute Gasteiger partial charge is 0.383 e. The van der Waals surface area contributed by atoms with Gasteiger partial charge in [-0.1, -0.05) is 30.3 Å². The van der Waals surface area contributed by atoms with Crippen LogP contribution in [0.15, 0.2) is 42.5 Å². The minimum absolute atomic E-state index is 0.494. The molecule has 2 heteroatoms. The van der Waals surface area contributed by atoms with Gasteiger partial charge in [-0.2, -0.15) is 0 Å². The van der Waals surface area contributed by atoms with Crippen LogP contribution in [0, 0.1) is 0 Å². The Hall–Kier alpha value is -1.54. The van der Waals surface area contributed by atoms with Crippen LogP contribution in [0.25, 0.3) is 10.8 Å². The number of nitrogens with zero attached hydrogens (tertiary/aromatic N) is 1. The third-order valence-corrected chi connectivity index (χ3v) is 3.17. The molecule has 0 bridgehead atoms. The fourth-order valence-corrected chi connectivity index (χ4v) is 2.09. The number of nitrogens with one attached hydrogen (secondary N) is 1. The Morgan fingerprint density at radius 1 is 1.06 bits per heavy atom. The molecule has 1 unspecified atom stereocenters. The van der Waals surface area contributed by atoms with Crippen LogP contribution in [0.4, 0.5) is 5.69 Å². The zero-order valence-corrected chi connectivity index (χ0v) is 11.5. The summed E-state index contributed by atoms with van der Waals surface area (Å²) in [4.78, 5) is 2.22. The van der Waals surface area contributed by atoms with E-state index in [0.717, 1.165) is 13.0 Å². The predicted octanol–water partition coefficient (Wildman–Crippen LogP) is 3.59. The summed E-state index contributed by atoms with van der Waals surface area (Å²) in [5.41, 5.74) is 1.21. The lowest BCUT2D eigenvalue weighted by Crippen LogP contribution is -2.22. The second kappa shape index (κ2) is 5.87. The molecule has 0 aliphatic rings. The van der Waals surface area contributed by atoms with Crippen LogP contribution in [0.5, 0.6) is 0 Å². The summed E-state index contributed by atoms with van der Waals surface area (Å²) in [6.45, 7) is 3.35. The maximum atomic E-state index is 3.56. The number of anilines is 1. The molecule has 1 atom stereocenters. The van der Waals surface area contributed by atoms with Gasteiger partial charge in [0.15, 0.2) is 0 Å². The Morgan fingerprint density at radius 3 is 2.50 bits per heavy atom. The van der Waals surface area contributed by atoms with Crippen molar-refractivity contribution in [1.82, 2.24) is 4.90 Å². The van der Waals surface area contributed by atoms with Gasteiger partial charge in [0, 0.05) is 11.7 Å². The SMILES string of the molecule is CC(CCN(C)C)Nc1ccc2ccccc2c1. The monoisotopic (exact) mass is 242 g/mol. The summed E-state index contributed by atoms with van der Waals surface area (Å²) in [5.74, 6) is 0. The second-order valence-electron chi connectivity index (χ2n) is 5.20. The smallest absolute Gasteiger partial charge is 0.0348 e. The minimum Gasteiger partial charge on any atom is -0.383 e. The summed E-state index contributed by atoms with van der Waals surface area (Å²) in [5, 5.41) is 6.15. The maximum Gasteiger partial charge on any atom is 0.0348 e. The van der Waals surface area contributed by atoms with Crippen molar-refractivity contribution in [2.24, 2.45) is 0 Å². The molecule has 0 aromatic heterocycles. The van der Waals surface area contributed by atoms with Crippen LogP contribution in [-0.4, -0.2) is 31.6 Å². The van der Waals surface area contributed by atoms with E-state index < -0.39 is 0 Å². The van der Waals surface area contributed by atoms with Crippen LogP contribution in [0.1, 0.15) is 13.3 Å². The fraction of sp³-hybridized carbons (Fsp3) is 0.375. The van der Waals surface area contributed by atoms with E-state index >= 15 is 0 Å². The highest BCUT2D eigenvalue weighted by Crippen LogP contribution is 2.19. The Balaban J connectivity index is 2.03. The highest BCUT2D eigenvalue weighted by Gasteiger charge is 2.03. The summed E-state index contributed by atoms with van der Waals surface area (Å²) in [7, 11) is 4.23. The molecule has 0 fully saturated rings. The molecule has 0 saturated heterocycles. The van der Waals surface area contributed by atoms with Gasteiger partial charge in [-0.15, -0.1) is 0 Å². The molecule has 0 heterocycles. The standard InChI is InChI=1S/C16H22N2/c1-13(10-11-18(2)3)17-16-9-8-14-6-4-5-7-15(14)12-16/h4-9,12-13,17H,10-11H2,1-3H3. The average Bonchev–Trinajstić information content (AvgIpc) is 2.36. The van der Waals surface area contributed by atoms with E-state index in [-0.39, 0.29) is 0 Å². The van der Waals surface area contributed by atoms with Crippen molar-refractivity contribution in [2.75, 3.05) is 26.0 Å². The van der Waals surface area contributed by atoms with E-state index in [0.29, 0.717) is 6.04 Å². The van der Waals surface area contributed by atoms with Gasteiger partial charge in [-0.05, 0) is 56.9 Å². The summed E-state index contributed by atoms with van der Waals surface area (Å²) >= 11 is 0. The van der Waals surface area contributed by atoms with Gasteiger partial charge in [0.1, 0.15) is 0 Å². The lowest BCUT2D eigenvalue weighted by molar-refractivity contribution is 0.390. The molecule has 0 saturated carbocycles. The molecule has 0 aliphatic heterocycles. The summed E-state index contributed by atoms with van der Waals surface area (Å²) < 4.78 is 0. The molecule has 2 aromatic carbocycles. The molecule has 0 radical (unpaired) electrons. The first-order valence-corrected chi connectivity index (χ1v) is 6.55. The van der Waals surface area contributed by atoms with Crippen molar-refractivity contribution in [1.29, 1.82) is 0 Å². The molecule has 0 amide bonds. The van der Waals surface area contributed by atoms with Crippen LogP contribution in [-0.2, 0) is 0 Å². The highest BCUT2D eigenvalue weighted by molar-refractivity contribution is 5.85. The number of benzene rings is 2. The molecule has 1 N–H and O–H groups in total. The molecular formula is C16H22N2. The van der Waals surface area contributed by atoms with Gasteiger partial charge in [0.2, 0.25) is 0 Å². The van der Waals surface area contributed by atoms with Crippen molar-refractivity contribution in [3.05, 3.63) is 42.5 Å². The topological polar surface area (TPSA) is 15.3 Å². The van der Waals surface area contributed by atoms with E-state index in [2.05, 4.69) is 73.7 Å². The third kappa shape index (κ3) is 3.47. The molecule has 0 aliphatic carbocycles. The number of hydrogen-bond donors (Lipinski definition) is 1. The average molecular weight is 242 g/mol. The first kappa shape index (κ1) is 12.9. The van der Waals surface area contributed by atoms with Crippen LogP contribution in [0.2, 0.25) is 0 Å². The Bertz CT molecular complexity index is 505. The zero-order valence-electron chi connectivity index (χ0n) is 11.5. The van der Waals surface area contributed by atoms with Gasteiger partial charge in [-0.3, -0.25) is 0 Å². The molecule has 2 rings (SSSR count). The van der Waals surface area contributed by atoms with Gasteiger partial charge in [0.05, 0.1) is 0 Å². The maximum absolute atomic E-state index is 3.56. The van der Waals surface area contributed by atoms with Crippen molar-refractivity contribution in [3.63, 3.8) is 0 Å². The van der Waals surface area contributed by atoms with E-state index in [4.69, 9.17) is 0 Å². The van der Waals surface area contributed by atoms with Crippen molar-refractivity contribution in [2.45, 2.75) is 19.4 Å². The highest BCUT2D eigenvalue weighted by atomic mass is 15.1. The van der Waals surface area contributed by atoms with Crippen molar-refractivity contribution < 1.29 is 0 Å².